The zero-order chi connectivity index (χ0) is 12.5. The van der Waals surface area contributed by atoms with Crippen LogP contribution < -0.4 is 5.32 Å². The SMILES string of the molecule is CC1CCCC(C(=O)O)(N2CCNC(=O)C2)C1. The molecular formula is C12H20N2O3. The predicted molar refractivity (Wildman–Crippen MR) is 62.6 cm³/mol. The third kappa shape index (κ3) is 2.29. The zero-order valence-corrected chi connectivity index (χ0v) is 10.2. The van der Waals surface area contributed by atoms with Gasteiger partial charge in [-0.15, -0.1) is 0 Å². The number of aliphatic carboxylic acids is 1. The molecule has 2 atom stereocenters. The van der Waals surface area contributed by atoms with Crippen molar-refractivity contribution in [2.75, 3.05) is 19.6 Å². The first kappa shape index (κ1) is 12.4. The second-order valence-electron chi connectivity index (χ2n) is 5.31. The van der Waals surface area contributed by atoms with Crippen LogP contribution in [0.5, 0.6) is 0 Å². The number of carbonyl (C=O) groups is 2. The van der Waals surface area contributed by atoms with Gasteiger partial charge in [-0.1, -0.05) is 19.8 Å². The van der Waals surface area contributed by atoms with E-state index >= 15 is 0 Å². The molecule has 2 N–H and O–H groups in total. The van der Waals surface area contributed by atoms with Crippen LogP contribution in [0.1, 0.15) is 32.6 Å². The Balaban J connectivity index is 2.20. The van der Waals surface area contributed by atoms with Gasteiger partial charge < -0.3 is 10.4 Å². The lowest BCUT2D eigenvalue weighted by molar-refractivity contribution is -0.157. The number of hydrogen-bond acceptors (Lipinski definition) is 3. The van der Waals surface area contributed by atoms with Crippen molar-refractivity contribution in [3.05, 3.63) is 0 Å². The van der Waals surface area contributed by atoms with E-state index in [1.165, 1.54) is 0 Å². The predicted octanol–water partition coefficient (Wildman–Crippen LogP) is 0.452. The van der Waals surface area contributed by atoms with E-state index in [1.54, 1.807) is 0 Å². The second-order valence-corrected chi connectivity index (χ2v) is 5.31. The van der Waals surface area contributed by atoms with Crippen LogP contribution in [0.2, 0.25) is 0 Å². The van der Waals surface area contributed by atoms with Gasteiger partial charge in [-0.05, 0) is 18.8 Å². The molecule has 0 bridgehead atoms. The normalized spacial score (nSPS) is 35.4. The molecule has 1 amide bonds. The topological polar surface area (TPSA) is 69.6 Å². The van der Waals surface area contributed by atoms with Crippen LogP contribution in [0.25, 0.3) is 0 Å². The van der Waals surface area contributed by atoms with Crippen molar-refractivity contribution in [3.8, 4) is 0 Å². The molecule has 0 radical (unpaired) electrons. The number of hydrogen-bond donors (Lipinski definition) is 2. The van der Waals surface area contributed by atoms with Crippen molar-refractivity contribution in [2.45, 2.75) is 38.1 Å². The van der Waals surface area contributed by atoms with E-state index in [2.05, 4.69) is 12.2 Å². The Morgan fingerprint density at radius 1 is 1.59 bits per heavy atom. The summed E-state index contributed by atoms with van der Waals surface area (Å²) in [5.41, 5.74) is -0.810. The molecule has 0 aromatic rings. The third-order valence-electron chi connectivity index (χ3n) is 4.02. The quantitative estimate of drug-likeness (QED) is 0.735. The number of amides is 1. The van der Waals surface area contributed by atoms with Gasteiger partial charge in [-0.3, -0.25) is 14.5 Å². The van der Waals surface area contributed by atoms with Gasteiger partial charge in [0, 0.05) is 13.1 Å². The highest BCUT2D eigenvalue weighted by Crippen LogP contribution is 2.37. The van der Waals surface area contributed by atoms with E-state index in [-0.39, 0.29) is 12.5 Å². The van der Waals surface area contributed by atoms with Crippen molar-refractivity contribution in [2.24, 2.45) is 5.92 Å². The summed E-state index contributed by atoms with van der Waals surface area (Å²) in [6.07, 6.45) is 3.36. The molecular weight excluding hydrogens is 220 g/mol. The lowest BCUT2D eigenvalue weighted by atomic mass is 9.75. The van der Waals surface area contributed by atoms with Gasteiger partial charge in [0.15, 0.2) is 0 Å². The molecule has 1 saturated heterocycles. The van der Waals surface area contributed by atoms with Crippen LogP contribution in [-0.2, 0) is 9.59 Å². The summed E-state index contributed by atoms with van der Waals surface area (Å²) in [5.74, 6) is -0.404. The van der Waals surface area contributed by atoms with Gasteiger partial charge in [0.25, 0.3) is 0 Å². The Hall–Kier alpha value is -1.10. The molecule has 0 spiro atoms. The Morgan fingerprint density at radius 3 is 2.94 bits per heavy atom. The fraction of sp³-hybridized carbons (Fsp3) is 0.833. The first-order valence-electron chi connectivity index (χ1n) is 6.30. The number of carboxylic acids is 1. The van der Waals surface area contributed by atoms with Crippen molar-refractivity contribution >= 4 is 11.9 Å². The standard InChI is InChI=1S/C12H20N2O3/c1-9-3-2-4-12(7-9,11(16)17)14-6-5-13-10(15)8-14/h9H,2-8H2,1H3,(H,13,15)(H,16,17). The smallest absolute Gasteiger partial charge is 0.324 e. The molecule has 1 aliphatic carbocycles. The summed E-state index contributed by atoms with van der Waals surface area (Å²) in [4.78, 5) is 24.9. The summed E-state index contributed by atoms with van der Waals surface area (Å²) >= 11 is 0. The maximum atomic E-state index is 11.7. The molecule has 1 aliphatic heterocycles. The molecule has 5 nitrogen and oxygen atoms in total. The molecule has 2 unspecified atom stereocenters. The van der Waals surface area contributed by atoms with E-state index in [1.807, 2.05) is 4.90 Å². The fourth-order valence-electron chi connectivity index (χ4n) is 3.14. The van der Waals surface area contributed by atoms with Gasteiger partial charge in [-0.2, -0.15) is 0 Å². The molecule has 2 fully saturated rings. The molecule has 1 heterocycles. The minimum atomic E-state index is -0.810. The minimum Gasteiger partial charge on any atom is -0.480 e. The molecule has 96 valence electrons. The van der Waals surface area contributed by atoms with Gasteiger partial charge in [0.05, 0.1) is 6.54 Å². The summed E-state index contributed by atoms with van der Waals surface area (Å²) in [6.45, 7) is 3.52. The van der Waals surface area contributed by atoms with Crippen molar-refractivity contribution in [1.82, 2.24) is 10.2 Å². The van der Waals surface area contributed by atoms with Crippen LogP contribution in [0, 0.1) is 5.92 Å². The summed E-state index contributed by atoms with van der Waals surface area (Å²) in [5, 5.41) is 12.3. The van der Waals surface area contributed by atoms with E-state index in [4.69, 9.17) is 0 Å². The zero-order valence-electron chi connectivity index (χ0n) is 10.2. The van der Waals surface area contributed by atoms with Crippen LogP contribution in [-0.4, -0.2) is 47.1 Å². The summed E-state index contributed by atoms with van der Waals surface area (Å²) in [6, 6.07) is 0. The number of rotatable bonds is 2. The Morgan fingerprint density at radius 2 is 2.35 bits per heavy atom. The van der Waals surface area contributed by atoms with Gasteiger partial charge >= 0.3 is 5.97 Å². The minimum absolute atomic E-state index is 0.0601. The third-order valence-corrected chi connectivity index (χ3v) is 4.02. The van der Waals surface area contributed by atoms with E-state index in [0.717, 1.165) is 12.8 Å². The van der Waals surface area contributed by atoms with E-state index in [0.29, 0.717) is 31.8 Å². The molecule has 2 aliphatic rings. The molecule has 5 heteroatoms. The van der Waals surface area contributed by atoms with Crippen LogP contribution >= 0.6 is 0 Å². The van der Waals surface area contributed by atoms with Crippen molar-refractivity contribution in [3.63, 3.8) is 0 Å². The number of carboxylic acid groups (broad SMARTS) is 1. The van der Waals surface area contributed by atoms with Crippen LogP contribution in [0.3, 0.4) is 0 Å². The Bertz CT molecular complexity index is 332. The molecule has 1 saturated carbocycles. The van der Waals surface area contributed by atoms with Gasteiger partial charge in [-0.25, -0.2) is 0 Å². The number of nitrogens with zero attached hydrogens (tertiary/aromatic N) is 1. The van der Waals surface area contributed by atoms with E-state index < -0.39 is 11.5 Å². The average Bonchev–Trinajstić information content (AvgIpc) is 2.28. The first-order valence-corrected chi connectivity index (χ1v) is 6.30. The average molecular weight is 240 g/mol. The number of nitrogens with one attached hydrogen (secondary N) is 1. The highest BCUT2D eigenvalue weighted by molar-refractivity contribution is 5.83. The van der Waals surface area contributed by atoms with Crippen LogP contribution in [0.15, 0.2) is 0 Å². The van der Waals surface area contributed by atoms with E-state index in [9.17, 15) is 14.7 Å². The molecule has 0 aromatic heterocycles. The summed E-state index contributed by atoms with van der Waals surface area (Å²) < 4.78 is 0. The monoisotopic (exact) mass is 240 g/mol. The number of piperazine rings is 1. The summed E-state index contributed by atoms with van der Waals surface area (Å²) in [7, 11) is 0. The number of carbonyl (C=O) groups excluding carboxylic acids is 1. The second kappa shape index (κ2) is 4.64. The Kier molecular flexibility index (Phi) is 3.38. The van der Waals surface area contributed by atoms with Crippen molar-refractivity contribution in [1.29, 1.82) is 0 Å². The molecule has 0 aromatic carbocycles. The Labute approximate surface area is 101 Å². The first-order chi connectivity index (χ1) is 8.04. The molecule has 17 heavy (non-hydrogen) atoms. The van der Waals surface area contributed by atoms with Gasteiger partial charge in [0.1, 0.15) is 5.54 Å². The lowest BCUT2D eigenvalue weighted by Crippen LogP contribution is -2.63. The lowest BCUT2D eigenvalue weighted by Gasteiger charge is -2.46. The highest BCUT2D eigenvalue weighted by atomic mass is 16.4. The van der Waals surface area contributed by atoms with Crippen LogP contribution in [0.4, 0.5) is 0 Å². The largest absolute Gasteiger partial charge is 0.480 e. The van der Waals surface area contributed by atoms with Crippen molar-refractivity contribution < 1.29 is 14.7 Å². The molecule has 2 rings (SSSR count). The highest BCUT2D eigenvalue weighted by Gasteiger charge is 2.47. The fourth-order valence-corrected chi connectivity index (χ4v) is 3.14. The maximum Gasteiger partial charge on any atom is 0.324 e. The van der Waals surface area contributed by atoms with Gasteiger partial charge in [0.2, 0.25) is 5.91 Å². The maximum absolute atomic E-state index is 11.7.